The Kier molecular flexibility index (Phi) is 3.21. The molecule has 2 aromatic rings. The van der Waals surface area contributed by atoms with Crippen LogP contribution in [-0.2, 0) is 11.2 Å². The lowest BCUT2D eigenvalue weighted by Gasteiger charge is -2.15. The predicted molar refractivity (Wildman–Crippen MR) is 71.4 cm³/mol. The second kappa shape index (κ2) is 5.01. The number of hydrogen-bond donors (Lipinski definition) is 2. The van der Waals surface area contributed by atoms with Crippen molar-refractivity contribution in [3.05, 3.63) is 30.0 Å². The molecular weight excluding hydrogens is 242 g/mol. The van der Waals surface area contributed by atoms with Crippen LogP contribution in [0.3, 0.4) is 0 Å². The first-order valence-corrected chi connectivity index (χ1v) is 6.60. The van der Waals surface area contributed by atoms with E-state index in [2.05, 4.69) is 10.5 Å². The summed E-state index contributed by atoms with van der Waals surface area (Å²) in [5, 5.41) is 7.84. The average molecular weight is 259 g/mol. The van der Waals surface area contributed by atoms with E-state index in [9.17, 15) is 4.79 Å². The molecule has 1 atom stereocenters. The van der Waals surface area contributed by atoms with E-state index < -0.39 is 0 Å². The zero-order valence-electron chi connectivity index (χ0n) is 10.6. The van der Waals surface area contributed by atoms with Gasteiger partial charge in [0, 0.05) is 18.0 Å². The van der Waals surface area contributed by atoms with Gasteiger partial charge in [-0.2, -0.15) is 0 Å². The lowest BCUT2D eigenvalue weighted by molar-refractivity contribution is -0.121. The third-order valence-electron chi connectivity index (χ3n) is 3.57. The van der Waals surface area contributed by atoms with Crippen molar-refractivity contribution < 1.29 is 9.32 Å². The molecule has 1 aromatic carbocycles. The molecule has 1 aliphatic rings. The number of nitrogens with one attached hydrogen (secondary N) is 1. The molecule has 5 heteroatoms. The van der Waals surface area contributed by atoms with Gasteiger partial charge in [0.2, 0.25) is 5.91 Å². The van der Waals surface area contributed by atoms with Gasteiger partial charge in [0.15, 0.2) is 5.58 Å². The standard InChI is InChI=1S/C14H17N3O2/c15-8-12(9-5-6-9)16-14(18)7-11-10-3-1-2-4-13(10)19-17-11/h1-4,9,12H,5-8,15H2,(H,16,18). The number of nitrogens with two attached hydrogens (primary N) is 1. The van der Waals surface area contributed by atoms with Gasteiger partial charge in [-0.05, 0) is 30.9 Å². The summed E-state index contributed by atoms with van der Waals surface area (Å²) in [5.74, 6) is 0.518. The van der Waals surface area contributed by atoms with E-state index in [1.807, 2.05) is 24.3 Å². The summed E-state index contributed by atoms with van der Waals surface area (Å²) in [5.41, 5.74) is 7.07. The number of carbonyl (C=O) groups is 1. The van der Waals surface area contributed by atoms with Crippen LogP contribution in [0.1, 0.15) is 18.5 Å². The van der Waals surface area contributed by atoms with Gasteiger partial charge in [0.25, 0.3) is 0 Å². The first-order chi connectivity index (χ1) is 9.28. The minimum Gasteiger partial charge on any atom is -0.356 e. The number of nitrogens with zero attached hydrogens (tertiary/aromatic N) is 1. The Morgan fingerprint density at radius 2 is 2.26 bits per heavy atom. The van der Waals surface area contributed by atoms with Crippen LogP contribution in [0.25, 0.3) is 11.0 Å². The molecule has 100 valence electrons. The second-order valence-electron chi connectivity index (χ2n) is 5.05. The van der Waals surface area contributed by atoms with Crippen LogP contribution in [0.4, 0.5) is 0 Å². The number of rotatable bonds is 5. The maximum absolute atomic E-state index is 12.0. The SMILES string of the molecule is NCC(NC(=O)Cc1noc2ccccc12)C1CC1. The zero-order valence-corrected chi connectivity index (χ0v) is 10.6. The number of hydrogen-bond acceptors (Lipinski definition) is 4. The number of carbonyl (C=O) groups excluding carboxylic acids is 1. The van der Waals surface area contributed by atoms with Gasteiger partial charge in [0.1, 0.15) is 5.69 Å². The minimum absolute atomic E-state index is 0.0404. The molecule has 1 unspecified atom stereocenters. The minimum atomic E-state index is -0.0404. The van der Waals surface area contributed by atoms with Crippen molar-refractivity contribution in [3.8, 4) is 0 Å². The van der Waals surface area contributed by atoms with E-state index in [1.54, 1.807) is 0 Å². The van der Waals surface area contributed by atoms with E-state index in [0.29, 0.717) is 23.7 Å². The normalized spacial score (nSPS) is 16.5. The molecule has 1 saturated carbocycles. The largest absolute Gasteiger partial charge is 0.356 e. The molecule has 0 bridgehead atoms. The van der Waals surface area contributed by atoms with Crippen molar-refractivity contribution in [3.63, 3.8) is 0 Å². The van der Waals surface area contributed by atoms with Gasteiger partial charge in [0.05, 0.1) is 6.42 Å². The average Bonchev–Trinajstić information content (AvgIpc) is 3.19. The van der Waals surface area contributed by atoms with Crippen LogP contribution in [0, 0.1) is 5.92 Å². The third-order valence-corrected chi connectivity index (χ3v) is 3.57. The van der Waals surface area contributed by atoms with Crippen LogP contribution in [-0.4, -0.2) is 23.7 Å². The van der Waals surface area contributed by atoms with Crippen LogP contribution < -0.4 is 11.1 Å². The van der Waals surface area contributed by atoms with Crippen molar-refractivity contribution in [2.75, 3.05) is 6.54 Å². The molecule has 3 N–H and O–H groups in total. The van der Waals surface area contributed by atoms with E-state index >= 15 is 0 Å². The molecular formula is C14H17N3O2. The molecule has 1 heterocycles. The quantitative estimate of drug-likeness (QED) is 0.846. The summed E-state index contributed by atoms with van der Waals surface area (Å²) in [6.45, 7) is 0.496. The molecule has 1 amide bonds. The van der Waals surface area contributed by atoms with Crippen molar-refractivity contribution >= 4 is 16.9 Å². The number of fused-ring (bicyclic) bond motifs is 1. The summed E-state index contributed by atoms with van der Waals surface area (Å²) < 4.78 is 5.19. The fourth-order valence-corrected chi connectivity index (χ4v) is 2.34. The summed E-state index contributed by atoms with van der Waals surface area (Å²) in [7, 11) is 0. The predicted octanol–water partition coefficient (Wildman–Crippen LogP) is 1.22. The Labute approximate surface area is 111 Å². The van der Waals surface area contributed by atoms with Crippen LogP contribution in [0.2, 0.25) is 0 Å². The van der Waals surface area contributed by atoms with Crippen LogP contribution in [0.5, 0.6) is 0 Å². The molecule has 19 heavy (non-hydrogen) atoms. The molecule has 3 rings (SSSR count). The van der Waals surface area contributed by atoms with Crippen LogP contribution in [0.15, 0.2) is 28.8 Å². The van der Waals surface area contributed by atoms with Gasteiger partial charge in [-0.25, -0.2) is 0 Å². The van der Waals surface area contributed by atoms with Gasteiger partial charge in [-0.1, -0.05) is 17.3 Å². The highest BCUT2D eigenvalue weighted by atomic mass is 16.5. The lowest BCUT2D eigenvalue weighted by atomic mass is 10.1. The number of benzene rings is 1. The van der Waals surface area contributed by atoms with Gasteiger partial charge in [-0.3, -0.25) is 4.79 Å². The number of amides is 1. The van der Waals surface area contributed by atoms with E-state index in [0.717, 1.165) is 18.2 Å². The third kappa shape index (κ3) is 2.61. The summed E-state index contributed by atoms with van der Waals surface area (Å²) >= 11 is 0. The maximum atomic E-state index is 12.0. The molecule has 0 spiro atoms. The van der Waals surface area contributed by atoms with Crippen molar-refractivity contribution in [2.45, 2.75) is 25.3 Å². The Morgan fingerprint density at radius 1 is 1.47 bits per heavy atom. The Bertz CT molecular complexity index is 589. The molecule has 0 radical (unpaired) electrons. The molecule has 0 aliphatic heterocycles. The second-order valence-corrected chi connectivity index (χ2v) is 5.05. The first-order valence-electron chi connectivity index (χ1n) is 6.60. The van der Waals surface area contributed by atoms with E-state index in [4.69, 9.17) is 10.3 Å². The van der Waals surface area contributed by atoms with E-state index in [1.165, 1.54) is 0 Å². The monoisotopic (exact) mass is 259 g/mol. The number of para-hydroxylation sites is 1. The van der Waals surface area contributed by atoms with Crippen LogP contribution >= 0.6 is 0 Å². The highest BCUT2D eigenvalue weighted by Gasteiger charge is 2.31. The molecule has 0 saturated heterocycles. The highest BCUT2D eigenvalue weighted by Crippen LogP contribution is 2.32. The topological polar surface area (TPSA) is 81.1 Å². The van der Waals surface area contributed by atoms with Gasteiger partial charge < -0.3 is 15.6 Å². The Balaban J connectivity index is 1.68. The molecule has 1 fully saturated rings. The van der Waals surface area contributed by atoms with Gasteiger partial charge in [-0.15, -0.1) is 0 Å². The lowest BCUT2D eigenvalue weighted by Crippen LogP contribution is -2.42. The maximum Gasteiger partial charge on any atom is 0.226 e. The molecule has 5 nitrogen and oxygen atoms in total. The first kappa shape index (κ1) is 12.2. The highest BCUT2D eigenvalue weighted by molar-refractivity contribution is 5.86. The number of aromatic nitrogens is 1. The summed E-state index contributed by atoms with van der Waals surface area (Å²) in [6, 6.07) is 7.65. The van der Waals surface area contributed by atoms with E-state index in [-0.39, 0.29) is 18.4 Å². The van der Waals surface area contributed by atoms with Gasteiger partial charge >= 0.3 is 0 Å². The zero-order chi connectivity index (χ0) is 13.2. The molecule has 1 aromatic heterocycles. The fourth-order valence-electron chi connectivity index (χ4n) is 2.34. The smallest absolute Gasteiger partial charge is 0.226 e. The Hall–Kier alpha value is -1.88. The summed E-state index contributed by atoms with van der Waals surface area (Å²) in [6.07, 6.45) is 2.56. The van der Waals surface area contributed by atoms with Crippen molar-refractivity contribution in [1.82, 2.24) is 10.5 Å². The summed E-state index contributed by atoms with van der Waals surface area (Å²) in [4.78, 5) is 12.0. The fraction of sp³-hybridized carbons (Fsp3) is 0.429. The Morgan fingerprint density at radius 3 is 3.00 bits per heavy atom. The molecule has 1 aliphatic carbocycles. The van der Waals surface area contributed by atoms with Crippen molar-refractivity contribution in [2.24, 2.45) is 11.7 Å². The van der Waals surface area contributed by atoms with Crippen molar-refractivity contribution in [1.29, 1.82) is 0 Å².